The highest BCUT2D eigenvalue weighted by Gasteiger charge is 2.26. The van der Waals surface area contributed by atoms with Crippen molar-refractivity contribution >= 4 is 22.6 Å². The molecule has 1 N–H and O–H groups in total. The number of aromatic nitrogens is 1. The Bertz CT molecular complexity index is 750. The van der Waals surface area contributed by atoms with E-state index in [1.807, 2.05) is 37.3 Å². The van der Waals surface area contributed by atoms with Gasteiger partial charge >= 0.3 is 0 Å². The van der Waals surface area contributed by atoms with E-state index >= 15 is 0 Å². The molecule has 2 heterocycles. The molecule has 0 aliphatic carbocycles. The predicted octanol–water partition coefficient (Wildman–Crippen LogP) is 2.21. The minimum absolute atomic E-state index is 0.0684. The number of carbonyl (C=O) groups excluding carboxylic acids is 1. The van der Waals surface area contributed by atoms with Crippen LogP contribution in [0.5, 0.6) is 0 Å². The van der Waals surface area contributed by atoms with Crippen molar-refractivity contribution in [3.8, 4) is 6.07 Å². The topological polar surface area (TPSA) is 69.0 Å². The van der Waals surface area contributed by atoms with Crippen molar-refractivity contribution in [3.63, 3.8) is 0 Å². The summed E-state index contributed by atoms with van der Waals surface area (Å²) in [6.07, 6.45) is 1.37. The van der Waals surface area contributed by atoms with Crippen molar-refractivity contribution in [2.45, 2.75) is 25.8 Å². The molecule has 0 saturated carbocycles. The molecule has 1 aliphatic heterocycles. The summed E-state index contributed by atoms with van der Waals surface area (Å²) in [7, 11) is 0. The molecule has 0 radical (unpaired) electrons. The standard InChI is InChI=1S/C17H18N4O/c1-2-16(22)19-14-7-8-21(11-14)17-13(10-18)9-12-5-3-4-6-15(12)20-17/h3-6,9,14H,2,7-8,11H2,1H3,(H,19,22)/t14-/m0/s1. The number of para-hydroxylation sites is 1. The van der Waals surface area contributed by atoms with Crippen LogP contribution >= 0.6 is 0 Å². The van der Waals surface area contributed by atoms with Crippen molar-refractivity contribution in [2.75, 3.05) is 18.0 Å². The van der Waals surface area contributed by atoms with Gasteiger partial charge in [-0.05, 0) is 18.6 Å². The number of pyridine rings is 1. The zero-order chi connectivity index (χ0) is 15.5. The molecule has 1 saturated heterocycles. The number of carbonyl (C=O) groups is 1. The van der Waals surface area contributed by atoms with E-state index in [0.717, 1.165) is 29.7 Å². The van der Waals surface area contributed by atoms with E-state index in [-0.39, 0.29) is 11.9 Å². The molecule has 5 nitrogen and oxygen atoms in total. The number of nitrogens with zero attached hydrogens (tertiary/aromatic N) is 3. The summed E-state index contributed by atoms with van der Waals surface area (Å²) < 4.78 is 0. The lowest BCUT2D eigenvalue weighted by Gasteiger charge is -2.19. The Morgan fingerprint density at radius 2 is 2.32 bits per heavy atom. The highest BCUT2D eigenvalue weighted by Crippen LogP contribution is 2.26. The normalized spacial score (nSPS) is 17.5. The lowest BCUT2D eigenvalue weighted by atomic mass is 10.1. The molecule has 1 aromatic heterocycles. The van der Waals surface area contributed by atoms with E-state index in [4.69, 9.17) is 0 Å². The van der Waals surface area contributed by atoms with E-state index in [2.05, 4.69) is 21.3 Å². The van der Waals surface area contributed by atoms with E-state index in [9.17, 15) is 10.1 Å². The Morgan fingerprint density at radius 1 is 1.50 bits per heavy atom. The maximum Gasteiger partial charge on any atom is 0.219 e. The maximum absolute atomic E-state index is 11.5. The molecule has 5 heteroatoms. The van der Waals surface area contributed by atoms with Crippen molar-refractivity contribution in [1.82, 2.24) is 10.3 Å². The van der Waals surface area contributed by atoms with Gasteiger partial charge in [0.15, 0.2) is 0 Å². The summed E-state index contributed by atoms with van der Waals surface area (Å²) in [4.78, 5) is 18.3. The molecule has 0 unspecified atom stereocenters. The predicted molar refractivity (Wildman–Crippen MR) is 85.5 cm³/mol. The molecule has 1 amide bonds. The fourth-order valence-corrected chi connectivity index (χ4v) is 2.83. The monoisotopic (exact) mass is 294 g/mol. The Balaban J connectivity index is 1.87. The molecule has 0 spiro atoms. The second-order valence-corrected chi connectivity index (χ2v) is 5.52. The van der Waals surface area contributed by atoms with Gasteiger partial charge in [0.1, 0.15) is 11.9 Å². The highest BCUT2D eigenvalue weighted by molar-refractivity contribution is 5.83. The molecule has 1 fully saturated rings. The summed E-state index contributed by atoms with van der Waals surface area (Å²) in [5.74, 6) is 0.785. The molecule has 1 aromatic carbocycles. The smallest absolute Gasteiger partial charge is 0.219 e. The van der Waals surface area contributed by atoms with Crippen LogP contribution in [0.25, 0.3) is 10.9 Å². The van der Waals surface area contributed by atoms with Crippen molar-refractivity contribution < 1.29 is 4.79 Å². The molecule has 1 atom stereocenters. The molecular weight excluding hydrogens is 276 g/mol. The van der Waals surface area contributed by atoms with Gasteiger partial charge < -0.3 is 10.2 Å². The van der Waals surface area contributed by atoms with Crippen LogP contribution in [0, 0.1) is 11.3 Å². The number of nitriles is 1. The Kier molecular flexibility index (Phi) is 3.92. The third-order valence-electron chi connectivity index (χ3n) is 4.00. The van der Waals surface area contributed by atoms with Crippen LogP contribution in [-0.4, -0.2) is 30.0 Å². The lowest BCUT2D eigenvalue weighted by Crippen LogP contribution is -2.36. The first-order valence-corrected chi connectivity index (χ1v) is 7.55. The number of anilines is 1. The van der Waals surface area contributed by atoms with Gasteiger partial charge in [0.05, 0.1) is 11.1 Å². The van der Waals surface area contributed by atoms with Crippen LogP contribution in [0.4, 0.5) is 5.82 Å². The number of fused-ring (bicyclic) bond motifs is 1. The van der Waals surface area contributed by atoms with Crippen molar-refractivity contribution in [1.29, 1.82) is 5.26 Å². The highest BCUT2D eigenvalue weighted by atomic mass is 16.1. The second kappa shape index (κ2) is 6.02. The van der Waals surface area contributed by atoms with Gasteiger partial charge in [-0.15, -0.1) is 0 Å². The Labute approximate surface area is 129 Å². The van der Waals surface area contributed by atoms with Crippen LogP contribution in [0.1, 0.15) is 25.3 Å². The number of nitrogens with one attached hydrogen (secondary N) is 1. The second-order valence-electron chi connectivity index (χ2n) is 5.52. The molecular formula is C17H18N4O. The zero-order valence-electron chi connectivity index (χ0n) is 12.5. The first kappa shape index (κ1) is 14.3. The molecule has 0 bridgehead atoms. The van der Waals surface area contributed by atoms with E-state index < -0.39 is 0 Å². The maximum atomic E-state index is 11.5. The van der Waals surface area contributed by atoms with Crippen molar-refractivity contribution in [2.24, 2.45) is 0 Å². The van der Waals surface area contributed by atoms with Crippen molar-refractivity contribution in [3.05, 3.63) is 35.9 Å². The third kappa shape index (κ3) is 2.73. The van der Waals surface area contributed by atoms with Gasteiger partial charge in [0.2, 0.25) is 5.91 Å². The van der Waals surface area contributed by atoms with Gasteiger partial charge in [-0.2, -0.15) is 5.26 Å². The van der Waals surface area contributed by atoms with Gasteiger partial charge in [0, 0.05) is 30.9 Å². The third-order valence-corrected chi connectivity index (χ3v) is 4.00. The first-order chi connectivity index (χ1) is 10.7. The number of hydrogen-bond donors (Lipinski definition) is 1. The molecule has 22 heavy (non-hydrogen) atoms. The van der Waals surface area contributed by atoms with Crippen LogP contribution in [-0.2, 0) is 4.79 Å². The molecule has 112 valence electrons. The average Bonchev–Trinajstić information content (AvgIpc) is 3.01. The minimum Gasteiger partial charge on any atom is -0.353 e. The van der Waals surface area contributed by atoms with Gasteiger partial charge in [0.25, 0.3) is 0 Å². The average molecular weight is 294 g/mol. The SMILES string of the molecule is CCC(=O)N[C@H]1CCN(c2nc3ccccc3cc2C#N)C1. The van der Waals surface area contributed by atoms with Gasteiger partial charge in [-0.25, -0.2) is 4.98 Å². The van der Waals surface area contributed by atoms with E-state index in [1.165, 1.54) is 0 Å². The molecule has 1 aliphatic rings. The number of rotatable bonds is 3. The Hall–Kier alpha value is -2.61. The lowest BCUT2D eigenvalue weighted by molar-refractivity contribution is -0.121. The largest absolute Gasteiger partial charge is 0.353 e. The molecule has 2 aromatic rings. The summed E-state index contributed by atoms with van der Waals surface area (Å²) in [5, 5.41) is 13.4. The van der Waals surface area contributed by atoms with Crippen LogP contribution < -0.4 is 10.2 Å². The fourth-order valence-electron chi connectivity index (χ4n) is 2.83. The summed E-state index contributed by atoms with van der Waals surface area (Å²) in [6, 6.07) is 12.1. The van der Waals surface area contributed by atoms with Crippen LogP contribution in [0.2, 0.25) is 0 Å². The number of hydrogen-bond acceptors (Lipinski definition) is 4. The van der Waals surface area contributed by atoms with Crippen LogP contribution in [0.3, 0.4) is 0 Å². The van der Waals surface area contributed by atoms with E-state index in [0.29, 0.717) is 18.5 Å². The minimum atomic E-state index is 0.0684. The van der Waals surface area contributed by atoms with E-state index in [1.54, 1.807) is 0 Å². The quantitative estimate of drug-likeness (QED) is 0.942. The Morgan fingerprint density at radius 3 is 3.09 bits per heavy atom. The van der Waals surface area contributed by atoms with Gasteiger partial charge in [-0.3, -0.25) is 4.79 Å². The summed E-state index contributed by atoms with van der Waals surface area (Å²) in [5.41, 5.74) is 1.47. The van der Waals surface area contributed by atoms with Crippen LogP contribution in [0.15, 0.2) is 30.3 Å². The summed E-state index contributed by atoms with van der Waals surface area (Å²) >= 11 is 0. The number of amides is 1. The fraction of sp³-hybridized carbons (Fsp3) is 0.353. The molecule has 3 rings (SSSR count). The zero-order valence-corrected chi connectivity index (χ0v) is 12.5. The first-order valence-electron chi connectivity index (χ1n) is 7.55. The number of benzene rings is 1. The summed E-state index contributed by atoms with van der Waals surface area (Å²) in [6.45, 7) is 3.35. The van der Waals surface area contributed by atoms with Gasteiger partial charge in [-0.1, -0.05) is 25.1 Å².